The predicted octanol–water partition coefficient (Wildman–Crippen LogP) is 4.12. The summed E-state index contributed by atoms with van der Waals surface area (Å²) >= 11 is 6.03. The van der Waals surface area contributed by atoms with Gasteiger partial charge in [-0.25, -0.2) is 14.6 Å². The van der Waals surface area contributed by atoms with E-state index in [1.165, 1.54) is 24.1 Å². The number of imidazole rings is 1. The van der Waals surface area contributed by atoms with Gasteiger partial charge >= 0.3 is 11.9 Å². The topological polar surface area (TPSA) is 123 Å². The maximum absolute atomic E-state index is 9.10. The van der Waals surface area contributed by atoms with Crippen molar-refractivity contribution in [3.8, 4) is 5.75 Å². The molecule has 0 amide bonds. The molecule has 0 saturated carbocycles. The summed E-state index contributed by atoms with van der Waals surface area (Å²) in [5.74, 6) is -3.51. The van der Waals surface area contributed by atoms with Crippen LogP contribution in [0.3, 0.4) is 0 Å². The van der Waals surface area contributed by atoms with Crippen LogP contribution in [0.25, 0.3) is 0 Å². The van der Waals surface area contributed by atoms with Gasteiger partial charge in [-0.2, -0.15) is 0 Å². The van der Waals surface area contributed by atoms with Gasteiger partial charge in [0.2, 0.25) is 0 Å². The molecule has 0 unspecified atom stereocenters. The zero-order valence-electron chi connectivity index (χ0n) is 21.4. The van der Waals surface area contributed by atoms with Crippen LogP contribution in [0.4, 0.5) is 5.69 Å². The predicted molar refractivity (Wildman–Crippen MR) is 144 cm³/mol. The van der Waals surface area contributed by atoms with Crippen molar-refractivity contribution in [2.75, 3.05) is 31.2 Å². The van der Waals surface area contributed by atoms with Crippen molar-refractivity contribution < 1.29 is 34.0 Å². The first-order valence-electron chi connectivity index (χ1n) is 12.8. The zero-order valence-corrected chi connectivity index (χ0v) is 22.2. The number of halogens is 1. The number of hydrogen-bond donors (Lipinski definition) is 2. The number of carboxylic acids is 2. The van der Waals surface area contributed by atoms with Gasteiger partial charge < -0.3 is 33.9 Å². The highest BCUT2D eigenvalue weighted by Gasteiger charge is 2.42. The fourth-order valence-electron chi connectivity index (χ4n) is 4.55. The van der Waals surface area contributed by atoms with Crippen molar-refractivity contribution in [3.05, 3.63) is 77.8 Å². The Kier molecular flexibility index (Phi) is 9.80. The number of rotatable bonds is 9. The van der Waals surface area contributed by atoms with Gasteiger partial charge in [0.1, 0.15) is 18.5 Å². The molecule has 2 aliphatic rings. The Morgan fingerprint density at radius 1 is 1.05 bits per heavy atom. The monoisotopic (exact) mass is 557 g/mol. The fraction of sp³-hybridized carbons (Fsp3) is 0.393. The minimum absolute atomic E-state index is 0.128. The number of hydrogen-bond acceptors (Lipinski definition) is 7. The molecule has 39 heavy (non-hydrogen) atoms. The lowest BCUT2D eigenvalue weighted by molar-refractivity contribution is -0.184. The minimum Gasteiger partial charge on any atom is -0.491 e. The summed E-state index contributed by atoms with van der Waals surface area (Å²) in [6, 6.07) is 16.3. The molecule has 0 radical (unpaired) electrons. The van der Waals surface area contributed by atoms with Crippen LogP contribution < -0.4 is 9.64 Å². The Morgan fingerprint density at radius 3 is 2.36 bits per heavy atom. The highest BCUT2D eigenvalue weighted by atomic mass is 35.5. The van der Waals surface area contributed by atoms with Crippen molar-refractivity contribution in [2.45, 2.75) is 44.1 Å². The van der Waals surface area contributed by atoms with E-state index in [0.29, 0.717) is 19.8 Å². The second-order valence-electron chi connectivity index (χ2n) is 9.43. The molecular formula is C28H32ClN3O7. The van der Waals surface area contributed by atoms with Crippen LogP contribution in [0.1, 0.15) is 24.8 Å². The first-order chi connectivity index (χ1) is 18.8. The van der Waals surface area contributed by atoms with Crippen molar-refractivity contribution in [1.29, 1.82) is 0 Å². The van der Waals surface area contributed by atoms with Gasteiger partial charge in [0.25, 0.3) is 0 Å². The smallest absolute Gasteiger partial charge is 0.414 e. The number of carbonyl (C=O) groups is 2. The standard InChI is InChI=1S/C26H30ClN3O3.C2H2O4/c27-22-5-3-21(4-6-22)11-12-26(19-29-16-13-28-20-29)32-18-25(33-26)17-31-24-9-7-23(8-10-24)30-14-1-2-15-30;3-1(4)2(5)6/h3-10,13,16,20,25H,1-2,11-12,14-15,17-19H2;(H,3,4)(H,5,6)/t25-,26+;/m1./s1. The maximum Gasteiger partial charge on any atom is 0.414 e. The number of ether oxygens (including phenoxy) is 3. The minimum atomic E-state index is -1.82. The Hall–Kier alpha value is -3.60. The molecule has 5 rings (SSSR count). The van der Waals surface area contributed by atoms with E-state index in [1.54, 1.807) is 12.5 Å². The first-order valence-corrected chi connectivity index (χ1v) is 13.2. The lowest BCUT2D eigenvalue weighted by Gasteiger charge is -2.28. The molecule has 3 heterocycles. The SMILES string of the molecule is Clc1ccc(CC[C@]2(Cn3ccnc3)OC[C@@H](COc3ccc(N4CCCC4)cc3)O2)cc1.O=C(O)C(=O)O. The van der Waals surface area contributed by atoms with Crippen molar-refractivity contribution in [2.24, 2.45) is 0 Å². The van der Waals surface area contributed by atoms with Crippen molar-refractivity contribution >= 4 is 29.2 Å². The molecule has 0 bridgehead atoms. The van der Waals surface area contributed by atoms with Crippen LogP contribution in [0.2, 0.25) is 5.02 Å². The number of carboxylic acid groups (broad SMARTS) is 2. The molecular weight excluding hydrogens is 526 g/mol. The lowest BCUT2D eigenvalue weighted by Crippen LogP contribution is -2.37. The number of aryl methyl sites for hydroxylation is 1. The van der Waals surface area contributed by atoms with E-state index in [9.17, 15) is 0 Å². The lowest BCUT2D eigenvalue weighted by atomic mass is 10.0. The second-order valence-corrected chi connectivity index (χ2v) is 9.87. The molecule has 2 fully saturated rings. The summed E-state index contributed by atoms with van der Waals surface area (Å²) in [7, 11) is 0. The van der Waals surface area contributed by atoms with Gasteiger partial charge in [-0.1, -0.05) is 23.7 Å². The van der Waals surface area contributed by atoms with Crippen LogP contribution in [0.5, 0.6) is 5.75 Å². The molecule has 3 aromatic rings. The van der Waals surface area contributed by atoms with E-state index in [1.807, 2.05) is 35.0 Å². The summed E-state index contributed by atoms with van der Waals surface area (Å²) in [4.78, 5) is 24.8. The van der Waals surface area contributed by atoms with Crippen molar-refractivity contribution in [3.63, 3.8) is 0 Å². The van der Waals surface area contributed by atoms with Gasteiger partial charge in [0.05, 0.1) is 19.5 Å². The number of aliphatic carboxylic acids is 2. The fourth-order valence-corrected chi connectivity index (χ4v) is 4.68. The van der Waals surface area contributed by atoms with E-state index < -0.39 is 17.7 Å². The largest absolute Gasteiger partial charge is 0.491 e. The van der Waals surface area contributed by atoms with Crippen LogP contribution in [0.15, 0.2) is 67.3 Å². The Balaban J connectivity index is 0.000000531. The molecule has 208 valence electrons. The second kappa shape index (κ2) is 13.5. The molecule has 2 N–H and O–H groups in total. The molecule has 10 nitrogen and oxygen atoms in total. The third kappa shape index (κ3) is 8.44. The van der Waals surface area contributed by atoms with Gasteiger partial charge in [-0.05, 0) is 61.2 Å². The molecule has 2 aromatic carbocycles. The molecule has 1 aromatic heterocycles. The van der Waals surface area contributed by atoms with E-state index in [0.717, 1.165) is 36.7 Å². The highest BCUT2D eigenvalue weighted by molar-refractivity contribution is 6.30. The summed E-state index contributed by atoms with van der Waals surface area (Å²) < 4.78 is 20.8. The van der Waals surface area contributed by atoms with Gasteiger partial charge in [-0.3, -0.25) is 0 Å². The number of nitrogens with zero attached hydrogens (tertiary/aromatic N) is 3. The highest BCUT2D eigenvalue weighted by Crippen LogP contribution is 2.32. The van der Waals surface area contributed by atoms with E-state index in [-0.39, 0.29) is 6.10 Å². The quantitative estimate of drug-likeness (QED) is 0.374. The van der Waals surface area contributed by atoms with Crippen LogP contribution in [0, 0.1) is 0 Å². The van der Waals surface area contributed by atoms with E-state index in [2.05, 4.69) is 34.1 Å². The molecule has 0 spiro atoms. The average molecular weight is 558 g/mol. The van der Waals surface area contributed by atoms with Gasteiger partial charge in [0.15, 0.2) is 5.79 Å². The van der Waals surface area contributed by atoms with Crippen LogP contribution >= 0.6 is 11.6 Å². The molecule has 11 heteroatoms. The molecule has 2 aliphatic heterocycles. The summed E-state index contributed by atoms with van der Waals surface area (Å²) in [5, 5.41) is 15.5. The van der Waals surface area contributed by atoms with E-state index in [4.69, 9.17) is 45.6 Å². The third-order valence-corrected chi connectivity index (χ3v) is 6.78. The Morgan fingerprint density at radius 2 is 1.74 bits per heavy atom. The summed E-state index contributed by atoms with van der Waals surface area (Å²) in [6.45, 7) is 3.82. The maximum atomic E-state index is 9.10. The van der Waals surface area contributed by atoms with Gasteiger partial charge in [-0.15, -0.1) is 0 Å². The zero-order chi connectivity index (χ0) is 27.7. The van der Waals surface area contributed by atoms with Crippen molar-refractivity contribution in [1.82, 2.24) is 9.55 Å². The molecule has 2 saturated heterocycles. The number of aromatic nitrogens is 2. The Bertz CT molecular complexity index is 1190. The summed E-state index contributed by atoms with van der Waals surface area (Å²) in [6.07, 6.45) is 9.48. The Labute approximate surface area is 231 Å². The number of benzene rings is 2. The number of anilines is 1. The van der Waals surface area contributed by atoms with Crippen LogP contribution in [-0.4, -0.2) is 69.9 Å². The van der Waals surface area contributed by atoms with E-state index >= 15 is 0 Å². The average Bonchev–Trinajstić information content (AvgIpc) is 3.72. The molecule has 0 aliphatic carbocycles. The normalized spacial score (nSPS) is 20.3. The third-order valence-electron chi connectivity index (χ3n) is 6.53. The summed E-state index contributed by atoms with van der Waals surface area (Å²) in [5.41, 5.74) is 2.47. The van der Waals surface area contributed by atoms with Crippen LogP contribution in [-0.2, 0) is 32.0 Å². The van der Waals surface area contributed by atoms with Gasteiger partial charge in [0, 0.05) is 42.6 Å². The molecule has 2 atom stereocenters. The first kappa shape index (κ1) is 28.4.